The van der Waals surface area contributed by atoms with Gasteiger partial charge in [0.05, 0.1) is 0 Å². The number of rotatable bonds is 7. The minimum atomic E-state index is -1.20. The highest BCUT2D eigenvalue weighted by molar-refractivity contribution is 5.88. The molecule has 1 aromatic carbocycles. The highest BCUT2D eigenvalue weighted by Crippen LogP contribution is 2.08. The molecule has 0 aliphatic carbocycles. The topological polar surface area (TPSA) is 92.4 Å². The third kappa shape index (κ3) is 5.91. The van der Waals surface area contributed by atoms with E-state index in [2.05, 4.69) is 5.32 Å². The Morgan fingerprint density at radius 3 is 2.57 bits per heavy atom. The highest BCUT2D eigenvalue weighted by atomic mass is 19.1. The van der Waals surface area contributed by atoms with Crippen molar-refractivity contribution in [1.82, 2.24) is 5.32 Å². The Morgan fingerprint density at radius 2 is 2.05 bits per heavy atom. The van der Waals surface area contributed by atoms with Crippen molar-refractivity contribution < 1.29 is 19.1 Å². The van der Waals surface area contributed by atoms with E-state index in [1.807, 2.05) is 13.8 Å². The van der Waals surface area contributed by atoms with Gasteiger partial charge in [0, 0.05) is 6.42 Å². The largest absolute Gasteiger partial charge is 0.383 e. The van der Waals surface area contributed by atoms with Crippen LogP contribution in [0.3, 0.4) is 0 Å². The number of hydrogen-bond acceptors (Lipinski definition) is 3. The molecule has 1 aromatic rings. The number of carbonyl (C=O) groups excluding carboxylic acids is 2. The van der Waals surface area contributed by atoms with E-state index in [-0.39, 0.29) is 18.8 Å². The summed E-state index contributed by atoms with van der Waals surface area (Å²) in [7, 11) is 0. The molecule has 0 fully saturated rings. The zero-order valence-corrected chi connectivity index (χ0v) is 12.2. The number of amides is 2. The molecule has 0 spiro atoms. The first-order chi connectivity index (χ1) is 9.79. The zero-order valence-electron chi connectivity index (χ0n) is 12.2. The summed E-state index contributed by atoms with van der Waals surface area (Å²) in [6, 6.07) is 4.72. The summed E-state index contributed by atoms with van der Waals surface area (Å²) < 4.78 is 13.1. The van der Waals surface area contributed by atoms with Crippen molar-refractivity contribution >= 4 is 11.8 Å². The number of aliphatic hydroxyl groups is 1. The van der Waals surface area contributed by atoms with Gasteiger partial charge >= 0.3 is 0 Å². The molecule has 2 atom stereocenters. The van der Waals surface area contributed by atoms with Crippen LogP contribution in [-0.2, 0) is 16.0 Å². The Balaban J connectivity index is 2.70. The van der Waals surface area contributed by atoms with Crippen LogP contribution in [0.25, 0.3) is 0 Å². The molecule has 1 rings (SSSR count). The lowest BCUT2D eigenvalue weighted by atomic mass is 10.0. The standard InChI is InChI=1S/C15H21FN2O3/c1-9(2)6-13(19)15(21)18-12(14(17)20)8-10-4-3-5-11(16)7-10/h3-5,7,9,12-13,19H,6,8H2,1-2H3,(H2,17,20)(H,18,21)/t12-,13-/m0/s1. The van der Waals surface area contributed by atoms with E-state index < -0.39 is 29.8 Å². The lowest BCUT2D eigenvalue weighted by Crippen LogP contribution is -2.49. The van der Waals surface area contributed by atoms with Gasteiger partial charge in [-0.15, -0.1) is 0 Å². The van der Waals surface area contributed by atoms with Crippen LogP contribution in [-0.4, -0.2) is 29.1 Å². The first-order valence-electron chi connectivity index (χ1n) is 6.81. The molecule has 0 saturated carbocycles. The molecule has 6 heteroatoms. The van der Waals surface area contributed by atoms with Gasteiger partial charge in [-0.1, -0.05) is 26.0 Å². The molecular weight excluding hydrogens is 275 g/mol. The number of nitrogens with one attached hydrogen (secondary N) is 1. The van der Waals surface area contributed by atoms with Crippen molar-refractivity contribution in [2.45, 2.75) is 38.8 Å². The lowest BCUT2D eigenvalue weighted by Gasteiger charge is -2.19. The van der Waals surface area contributed by atoms with Crippen LogP contribution in [0.2, 0.25) is 0 Å². The second-order valence-corrected chi connectivity index (χ2v) is 5.44. The summed E-state index contributed by atoms with van der Waals surface area (Å²) in [5.74, 6) is -1.67. The van der Waals surface area contributed by atoms with Crippen molar-refractivity contribution in [3.05, 3.63) is 35.6 Å². The number of benzene rings is 1. The Kier molecular flexibility index (Phi) is 6.30. The molecule has 0 bridgehead atoms. The Bertz CT molecular complexity index is 505. The van der Waals surface area contributed by atoms with Gasteiger partial charge in [0.2, 0.25) is 11.8 Å². The highest BCUT2D eigenvalue weighted by Gasteiger charge is 2.23. The van der Waals surface area contributed by atoms with Crippen molar-refractivity contribution in [2.24, 2.45) is 11.7 Å². The van der Waals surface area contributed by atoms with Crippen LogP contribution < -0.4 is 11.1 Å². The maximum atomic E-state index is 13.1. The average Bonchev–Trinajstić information content (AvgIpc) is 2.36. The number of carbonyl (C=O) groups is 2. The molecule has 2 amide bonds. The van der Waals surface area contributed by atoms with E-state index >= 15 is 0 Å². The van der Waals surface area contributed by atoms with Crippen molar-refractivity contribution in [3.63, 3.8) is 0 Å². The number of nitrogens with two attached hydrogens (primary N) is 1. The molecular formula is C15H21FN2O3. The van der Waals surface area contributed by atoms with Crippen LogP contribution >= 0.6 is 0 Å². The van der Waals surface area contributed by atoms with E-state index in [4.69, 9.17) is 5.73 Å². The number of primary amides is 1. The van der Waals surface area contributed by atoms with Gasteiger partial charge in [0.15, 0.2) is 0 Å². The average molecular weight is 296 g/mol. The summed E-state index contributed by atoms with van der Waals surface area (Å²) >= 11 is 0. The van der Waals surface area contributed by atoms with Gasteiger partial charge < -0.3 is 16.2 Å². The van der Waals surface area contributed by atoms with Crippen LogP contribution in [0.4, 0.5) is 4.39 Å². The van der Waals surface area contributed by atoms with Gasteiger partial charge in [0.25, 0.3) is 0 Å². The number of halogens is 1. The summed E-state index contributed by atoms with van der Waals surface area (Å²) in [6.45, 7) is 3.74. The van der Waals surface area contributed by atoms with Crippen molar-refractivity contribution in [2.75, 3.05) is 0 Å². The molecule has 21 heavy (non-hydrogen) atoms. The summed E-state index contributed by atoms with van der Waals surface area (Å²) in [5, 5.41) is 12.1. The van der Waals surface area contributed by atoms with Crippen molar-refractivity contribution in [1.29, 1.82) is 0 Å². The van der Waals surface area contributed by atoms with Gasteiger partial charge in [-0.2, -0.15) is 0 Å². The molecule has 0 radical (unpaired) electrons. The van der Waals surface area contributed by atoms with E-state index in [0.29, 0.717) is 5.56 Å². The van der Waals surface area contributed by atoms with Crippen LogP contribution in [0.5, 0.6) is 0 Å². The minimum Gasteiger partial charge on any atom is -0.383 e. The fourth-order valence-corrected chi connectivity index (χ4v) is 1.94. The molecule has 0 aliphatic rings. The van der Waals surface area contributed by atoms with Crippen molar-refractivity contribution in [3.8, 4) is 0 Å². The fraction of sp³-hybridized carbons (Fsp3) is 0.467. The summed E-state index contributed by atoms with van der Waals surface area (Å²) in [5.41, 5.74) is 5.78. The molecule has 0 unspecified atom stereocenters. The zero-order chi connectivity index (χ0) is 16.0. The molecule has 0 saturated heterocycles. The second-order valence-electron chi connectivity index (χ2n) is 5.44. The van der Waals surface area contributed by atoms with Crippen LogP contribution in [0.1, 0.15) is 25.8 Å². The molecule has 0 aromatic heterocycles. The first-order valence-corrected chi connectivity index (χ1v) is 6.81. The SMILES string of the molecule is CC(C)C[C@H](O)C(=O)N[C@@H](Cc1cccc(F)c1)C(N)=O. The normalized spacial score (nSPS) is 13.8. The van der Waals surface area contributed by atoms with Gasteiger partial charge in [-0.25, -0.2) is 4.39 Å². The van der Waals surface area contributed by atoms with E-state index in [1.165, 1.54) is 18.2 Å². The molecule has 0 heterocycles. The van der Waals surface area contributed by atoms with Gasteiger partial charge in [-0.3, -0.25) is 9.59 Å². The third-order valence-corrected chi connectivity index (χ3v) is 2.99. The Labute approximate surface area is 123 Å². The Morgan fingerprint density at radius 1 is 1.38 bits per heavy atom. The monoisotopic (exact) mass is 296 g/mol. The molecule has 0 aliphatic heterocycles. The third-order valence-electron chi connectivity index (χ3n) is 2.99. The predicted molar refractivity (Wildman–Crippen MR) is 76.7 cm³/mol. The first kappa shape index (κ1) is 17.1. The van der Waals surface area contributed by atoms with E-state index in [0.717, 1.165) is 0 Å². The summed E-state index contributed by atoms with van der Waals surface area (Å²) in [6.07, 6.45) is -0.829. The van der Waals surface area contributed by atoms with E-state index in [1.54, 1.807) is 6.07 Å². The number of aliphatic hydroxyl groups excluding tert-OH is 1. The Hall–Kier alpha value is -1.95. The second kappa shape index (κ2) is 7.73. The maximum absolute atomic E-state index is 13.1. The summed E-state index contributed by atoms with van der Waals surface area (Å²) in [4.78, 5) is 23.2. The van der Waals surface area contributed by atoms with Gasteiger partial charge in [0.1, 0.15) is 18.0 Å². The quantitative estimate of drug-likeness (QED) is 0.693. The van der Waals surface area contributed by atoms with Crippen LogP contribution in [0.15, 0.2) is 24.3 Å². The van der Waals surface area contributed by atoms with E-state index in [9.17, 15) is 19.1 Å². The minimum absolute atomic E-state index is 0.0766. The predicted octanol–water partition coefficient (Wildman–Crippen LogP) is 0.745. The maximum Gasteiger partial charge on any atom is 0.249 e. The molecule has 5 nitrogen and oxygen atoms in total. The fourth-order valence-electron chi connectivity index (χ4n) is 1.94. The number of hydrogen-bond donors (Lipinski definition) is 3. The van der Waals surface area contributed by atoms with Crippen LogP contribution in [0, 0.1) is 11.7 Å². The molecule has 4 N–H and O–H groups in total. The van der Waals surface area contributed by atoms with Gasteiger partial charge in [-0.05, 0) is 30.0 Å². The lowest BCUT2D eigenvalue weighted by molar-refractivity contribution is -0.133. The smallest absolute Gasteiger partial charge is 0.249 e. The molecule has 116 valence electrons.